The minimum absolute atomic E-state index is 0.139. The molecule has 0 saturated heterocycles. The Bertz CT molecular complexity index is 367. The van der Waals surface area contributed by atoms with Crippen molar-refractivity contribution >= 4 is 27.5 Å². The van der Waals surface area contributed by atoms with Gasteiger partial charge in [-0.05, 0) is 36.0 Å². The molecule has 15 heavy (non-hydrogen) atoms. The highest BCUT2D eigenvalue weighted by Crippen LogP contribution is 2.46. The lowest BCUT2D eigenvalue weighted by Crippen LogP contribution is -2.39. The molecule has 1 aromatic rings. The molecule has 0 radical (unpaired) electrons. The molecule has 0 aromatic heterocycles. The van der Waals surface area contributed by atoms with Gasteiger partial charge in [-0.15, -0.1) is 0 Å². The van der Waals surface area contributed by atoms with Crippen molar-refractivity contribution in [3.63, 3.8) is 0 Å². The molecule has 1 aliphatic rings. The summed E-state index contributed by atoms with van der Waals surface area (Å²) >= 11 is 9.59. The predicted molar refractivity (Wildman–Crippen MR) is 66.3 cm³/mol. The molecule has 0 spiro atoms. The maximum absolute atomic E-state index is 9.63. The smallest absolute Gasteiger partial charge is 0.0580 e. The van der Waals surface area contributed by atoms with Crippen molar-refractivity contribution in [1.82, 2.24) is 0 Å². The van der Waals surface area contributed by atoms with Crippen molar-refractivity contribution in [2.24, 2.45) is 5.92 Å². The van der Waals surface area contributed by atoms with E-state index < -0.39 is 0 Å². The summed E-state index contributed by atoms with van der Waals surface area (Å²) in [5.41, 5.74) is 1.18. The van der Waals surface area contributed by atoms with Crippen LogP contribution >= 0.6 is 27.5 Å². The molecule has 1 N–H and O–H groups in total. The van der Waals surface area contributed by atoms with Crippen LogP contribution in [-0.4, -0.2) is 11.2 Å². The number of aliphatic hydroxyl groups excluding tert-OH is 1. The summed E-state index contributed by atoms with van der Waals surface area (Å²) in [6.45, 7) is 2.12. The molecule has 1 nitrogen and oxygen atoms in total. The van der Waals surface area contributed by atoms with Crippen LogP contribution in [0.4, 0.5) is 0 Å². The summed E-state index contributed by atoms with van der Waals surface area (Å²) in [6.07, 6.45) is 1.72. The summed E-state index contributed by atoms with van der Waals surface area (Å²) < 4.78 is 1.00. The average molecular weight is 290 g/mol. The number of hydrogen-bond acceptors (Lipinski definition) is 1. The van der Waals surface area contributed by atoms with Gasteiger partial charge in [0.05, 0.1) is 6.10 Å². The lowest BCUT2D eigenvalue weighted by Gasteiger charge is -2.42. The number of rotatable bonds is 2. The van der Waals surface area contributed by atoms with Crippen molar-refractivity contribution in [1.29, 1.82) is 0 Å². The Morgan fingerprint density at radius 1 is 1.53 bits per heavy atom. The summed E-state index contributed by atoms with van der Waals surface area (Å²) in [7, 11) is 0. The predicted octanol–water partition coefficient (Wildman–Crippen LogP) is 3.98. The van der Waals surface area contributed by atoms with Gasteiger partial charge in [0.25, 0.3) is 0 Å². The van der Waals surface area contributed by atoms with Crippen molar-refractivity contribution in [3.05, 3.63) is 33.3 Å². The maximum Gasteiger partial charge on any atom is 0.0580 e. The highest BCUT2D eigenvalue weighted by atomic mass is 79.9. The molecule has 2 rings (SSSR count). The van der Waals surface area contributed by atoms with Crippen molar-refractivity contribution in [3.8, 4) is 0 Å². The molecule has 3 heteroatoms. The Labute approximate surface area is 104 Å². The van der Waals surface area contributed by atoms with Gasteiger partial charge in [0.2, 0.25) is 0 Å². The summed E-state index contributed by atoms with van der Waals surface area (Å²) in [5, 5.41) is 10.4. The SMILES string of the molecule is CCC1C(O)CC1c1ccc(Br)cc1Cl. The lowest BCUT2D eigenvalue weighted by atomic mass is 9.66. The second-order valence-electron chi connectivity index (χ2n) is 4.15. The molecule has 0 heterocycles. The summed E-state index contributed by atoms with van der Waals surface area (Å²) in [6, 6.07) is 6.00. The van der Waals surface area contributed by atoms with E-state index in [1.54, 1.807) is 0 Å². The summed E-state index contributed by atoms with van der Waals surface area (Å²) in [5.74, 6) is 0.814. The lowest BCUT2D eigenvalue weighted by molar-refractivity contribution is -0.000691. The maximum atomic E-state index is 9.63. The van der Waals surface area contributed by atoms with Crippen LogP contribution in [0.2, 0.25) is 5.02 Å². The number of benzene rings is 1. The van der Waals surface area contributed by atoms with Gasteiger partial charge in [-0.1, -0.05) is 46.9 Å². The fourth-order valence-corrected chi connectivity index (χ4v) is 3.21. The van der Waals surface area contributed by atoms with Crippen LogP contribution in [0.3, 0.4) is 0 Å². The fourth-order valence-electron chi connectivity index (χ4n) is 2.40. The molecule has 3 atom stereocenters. The zero-order chi connectivity index (χ0) is 11.0. The Hall–Kier alpha value is -0.0500. The van der Waals surface area contributed by atoms with Crippen LogP contribution < -0.4 is 0 Å². The average Bonchev–Trinajstić information content (AvgIpc) is 2.16. The van der Waals surface area contributed by atoms with Crippen LogP contribution in [-0.2, 0) is 0 Å². The van der Waals surface area contributed by atoms with E-state index >= 15 is 0 Å². The zero-order valence-electron chi connectivity index (χ0n) is 8.58. The molecule has 1 fully saturated rings. The Morgan fingerprint density at radius 2 is 2.27 bits per heavy atom. The van der Waals surface area contributed by atoms with E-state index in [1.807, 2.05) is 12.1 Å². The number of halogens is 2. The van der Waals surface area contributed by atoms with E-state index in [-0.39, 0.29) is 6.10 Å². The first-order valence-corrected chi connectivity index (χ1v) is 6.43. The number of aliphatic hydroxyl groups is 1. The molecule has 3 unspecified atom stereocenters. The van der Waals surface area contributed by atoms with Gasteiger partial charge >= 0.3 is 0 Å². The van der Waals surface area contributed by atoms with Gasteiger partial charge in [0.1, 0.15) is 0 Å². The van der Waals surface area contributed by atoms with E-state index in [0.717, 1.165) is 22.3 Å². The first kappa shape index (κ1) is 11.4. The van der Waals surface area contributed by atoms with E-state index in [1.165, 1.54) is 5.56 Å². The highest BCUT2D eigenvalue weighted by molar-refractivity contribution is 9.10. The standard InChI is InChI=1S/C12H14BrClO/c1-2-8-10(6-12(8)15)9-4-3-7(13)5-11(9)14/h3-5,8,10,12,15H,2,6H2,1H3. The van der Waals surface area contributed by atoms with Gasteiger partial charge in [-0.2, -0.15) is 0 Å². The molecule has 1 saturated carbocycles. The fraction of sp³-hybridized carbons (Fsp3) is 0.500. The second-order valence-corrected chi connectivity index (χ2v) is 5.47. The van der Waals surface area contributed by atoms with Gasteiger partial charge in [0.15, 0.2) is 0 Å². The second kappa shape index (κ2) is 4.44. The molecule has 0 aliphatic heterocycles. The monoisotopic (exact) mass is 288 g/mol. The minimum Gasteiger partial charge on any atom is -0.393 e. The van der Waals surface area contributed by atoms with Gasteiger partial charge in [-0.3, -0.25) is 0 Å². The van der Waals surface area contributed by atoms with E-state index in [4.69, 9.17) is 11.6 Å². The third-order valence-corrected chi connectivity index (χ3v) is 4.16. The highest BCUT2D eigenvalue weighted by Gasteiger charge is 2.40. The van der Waals surface area contributed by atoms with E-state index in [9.17, 15) is 5.11 Å². The van der Waals surface area contributed by atoms with Crippen LogP contribution in [0, 0.1) is 5.92 Å². The minimum atomic E-state index is -0.139. The van der Waals surface area contributed by atoms with Gasteiger partial charge < -0.3 is 5.11 Å². The first-order chi connectivity index (χ1) is 7.13. The normalized spacial score (nSPS) is 30.0. The van der Waals surface area contributed by atoms with Crippen molar-refractivity contribution in [2.75, 3.05) is 0 Å². The number of hydrogen-bond donors (Lipinski definition) is 1. The molecule has 1 aliphatic carbocycles. The Kier molecular flexibility index (Phi) is 3.39. The molecular formula is C12H14BrClO. The van der Waals surface area contributed by atoms with Crippen molar-refractivity contribution < 1.29 is 5.11 Å². The summed E-state index contributed by atoms with van der Waals surface area (Å²) in [4.78, 5) is 0. The Morgan fingerprint density at radius 3 is 2.80 bits per heavy atom. The van der Waals surface area contributed by atoms with E-state index in [2.05, 4.69) is 28.9 Å². The molecule has 82 valence electrons. The van der Waals surface area contributed by atoms with Gasteiger partial charge in [-0.25, -0.2) is 0 Å². The van der Waals surface area contributed by atoms with Crippen molar-refractivity contribution in [2.45, 2.75) is 31.8 Å². The van der Waals surface area contributed by atoms with Crippen LogP contribution in [0.5, 0.6) is 0 Å². The third-order valence-electron chi connectivity index (χ3n) is 3.34. The topological polar surface area (TPSA) is 20.2 Å². The van der Waals surface area contributed by atoms with Gasteiger partial charge in [0, 0.05) is 9.50 Å². The molecular weight excluding hydrogens is 275 g/mol. The van der Waals surface area contributed by atoms with Crippen LogP contribution in [0.1, 0.15) is 31.2 Å². The third kappa shape index (κ3) is 2.08. The van der Waals surface area contributed by atoms with Crippen LogP contribution in [0.15, 0.2) is 22.7 Å². The molecule has 1 aromatic carbocycles. The quantitative estimate of drug-likeness (QED) is 0.873. The Balaban J connectivity index is 2.23. The first-order valence-electron chi connectivity index (χ1n) is 5.26. The zero-order valence-corrected chi connectivity index (χ0v) is 10.9. The molecule has 0 amide bonds. The van der Waals surface area contributed by atoms with E-state index in [0.29, 0.717) is 11.8 Å². The molecule has 0 bridgehead atoms. The van der Waals surface area contributed by atoms with Crippen LogP contribution in [0.25, 0.3) is 0 Å². The largest absolute Gasteiger partial charge is 0.393 e.